The standard InChI is InChI=1S/C65H113NO8Si4/c1-48-38-32-28-31-35-43-59(67)70-60(52(5)58(74-78(26,27)65(16,17)18)45-51(4)71-75(20,21)62(7,8)9)49(2)39-33-29-30-34-41-55(72-76(22,23)63(10,11)12)46-57(68-19)53(6)61-66-54(47-69-61)40-36-37-42-56(50(3)44-48)73-77(24,25)64(13,14)15/h28-44,47,49-53,55-58,60H,45-46H2,1-27H3/b30-29+,31-28+,38-32-,39-33-,40-36+,41-34+,42-37-,43-35-,48-44+/t49-,50+,51+,52-,53+,55-,56-,57+,58-,60-/m0/s1. The summed E-state index contributed by atoms with van der Waals surface area (Å²) in [5.41, 5.74) is 1.85. The molecule has 0 N–H and O–H groups in total. The van der Waals surface area contributed by atoms with Crippen molar-refractivity contribution in [3.63, 3.8) is 0 Å². The molecule has 0 aromatic carbocycles. The molecule has 0 amide bonds. The summed E-state index contributed by atoms with van der Waals surface area (Å²) in [7, 11) is -6.96. The molecule has 2 bridgehead atoms. The molecule has 0 saturated carbocycles. The Morgan fingerprint density at radius 1 is 0.615 bits per heavy atom. The van der Waals surface area contributed by atoms with Crippen molar-refractivity contribution in [2.24, 2.45) is 17.8 Å². The molecule has 0 spiro atoms. The van der Waals surface area contributed by atoms with Crippen LogP contribution < -0.4 is 0 Å². The van der Waals surface area contributed by atoms with Crippen molar-refractivity contribution in [3.05, 3.63) is 121 Å². The third-order valence-electron chi connectivity index (χ3n) is 17.5. The zero-order chi connectivity index (χ0) is 59.9. The maximum absolute atomic E-state index is 13.9. The van der Waals surface area contributed by atoms with Crippen LogP contribution in [0.3, 0.4) is 0 Å². The first-order valence-electron chi connectivity index (χ1n) is 29.0. The molecule has 1 aliphatic heterocycles. The summed E-state index contributed by atoms with van der Waals surface area (Å²) in [6, 6.07) is 0. The summed E-state index contributed by atoms with van der Waals surface area (Å²) in [5.74, 6) is -0.145. The van der Waals surface area contributed by atoms with Gasteiger partial charge in [0.25, 0.3) is 0 Å². The van der Waals surface area contributed by atoms with Crippen LogP contribution >= 0.6 is 0 Å². The Bertz CT molecular complexity index is 2280. The van der Waals surface area contributed by atoms with E-state index in [1.165, 1.54) is 6.08 Å². The number of nitrogens with zero attached hydrogens (tertiary/aromatic N) is 1. The van der Waals surface area contributed by atoms with Crippen LogP contribution in [0.5, 0.6) is 0 Å². The molecular weight excluding hydrogens is 1040 g/mol. The zero-order valence-corrected chi connectivity index (χ0v) is 58.3. The van der Waals surface area contributed by atoms with Gasteiger partial charge in [0.15, 0.2) is 39.2 Å². The normalized spacial score (nSPS) is 28.3. The van der Waals surface area contributed by atoms with E-state index in [1.807, 2.05) is 48.6 Å². The molecule has 2 heterocycles. The van der Waals surface area contributed by atoms with Crippen LogP contribution in [0.15, 0.2) is 113 Å². The summed E-state index contributed by atoms with van der Waals surface area (Å²) in [6.45, 7) is 58.5. The largest absolute Gasteiger partial charge is 0.458 e. The highest BCUT2D eigenvalue weighted by Gasteiger charge is 2.45. The van der Waals surface area contributed by atoms with Gasteiger partial charge in [0.1, 0.15) is 18.1 Å². The number of cyclic esters (lactones) is 1. The van der Waals surface area contributed by atoms with E-state index in [0.717, 1.165) is 11.3 Å². The second-order valence-corrected chi connectivity index (χ2v) is 47.4. The van der Waals surface area contributed by atoms with E-state index >= 15 is 0 Å². The number of oxazole rings is 1. The van der Waals surface area contributed by atoms with Crippen LogP contribution in [0.25, 0.3) is 6.08 Å². The fourth-order valence-electron chi connectivity index (χ4n) is 8.13. The van der Waals surface area contributed by atoms with Gasteiger partial charge in [-0.25, -0.2) is 9.78 Å². The Labute approximate surface area is 482 Å². The molecule has 0 radical (unpaired) electrons. The van der Waals surface area contributed by atoms with E-state index in [0.29, 0.717) is 18.7 Å². The predicted octanol–water partition coefficient (Wildman–Crippen LogP) is 18.8. The summed E-state index contributed by atoms with van der Waals surface area (Å²) in [4.78, 5) is 18.9. The minimum absolute atomic E-state index is 0.00492. The molecule has 78 heavy (non-hydrogen) atoms. The van der Waals surface area contributed by atoms with Gasteiger partial charge in [-0.05, 0) is 98.9 Å². The number of carbonyl (C=O) groups is 1. The molecule has 9 nitrogen and oxygen atoms in total. The maximum Gasteiger partial charge on any atom is 0.331 e. The molecule has 10 atom stereocenters. The number of hydrogen-bond acceptors (Lipinski definition) is 9. The summed E-state index contributed by atoms with van der Waals surface area (Å²) in [5, 5.41) is 0.0797. The first-order chi connectivity index (χ1) is 35.6. The lowest BCUT2D eigenvalue weighted by atomic mass is 9.86. The van der Waals surface area contributed by atoms with E-state index in [9.17, 15) is 4.79 Å². The molecule has 0 saturated heterocycles. The van der Waals surface area contributed by atoms with Crippen molar-refractivity contribution in [2.75, 3.05) is 7.11 Å². The molecule has 2 rings (SSSR count). The van der Waals surface area contributed by atoms with Gasteiger partial charge in [-0.2, -0.15) is 0 Å². The van der Waals surface area contributed by atoms with Gasteiger partial charge < -0.3 is 31.6 Å². The number of carbonyl (C=O) groups excluding carboxylic acids is 1. The van der Waals surface area contributed by atoms with Crippen LogP contribution in [0.2, 0.25) is 72.5 Å². The van der Waals surface area contributed by atoms with Crippen molar-refractivity contribution in [1.82, 2.24) is 4.98 Å². The number of allylic oxidation sites excluding steroid dienone is 12. The van der Waals surface area contributed by atoms with E-state index < -0.39 is 45.3 Å². The average Bonchev–Trinajstić information content (AvgIpc) is 3.76. The van der Waals surface area contributed by atoms with Crippen LogP contribution in [-0.4, -0.2) is 88.0 Å². The van der Waals surface area contributed by atoms with Gasteiger partial charge in [-0.15, -0.1) is 0 Å². The van der Waals surface area contributed by atoms with Gasteiger partial charge in [0.05, 0.1) is 30.3 Å². The number of aromatic nitrogens is 1. The average molecular weight is 1150 g/mol. The monoisotopic (exact) mass is 1150 g/mol. The smallest absolute Gasteiger partial charge is 0.331 e. The maximum atomic E-state index is 13.9. The second kappa shape index (κ2) is 29.8. The Morgan fingerprint density at radius 3 is 1.65 bits per heavy atom. The molecule has 0 fully saturated rings. The van der Waals surface area contributed by atoms with Crippen LogP contribution in [0, 0.1) is 17.8 Å². The molecule has 442 valence electrons. The highest BCUT2D eigenvalue weighted by atomic mass is 28.4. The minimum Gasteiger partial charge on any atom is -0.458 e. The Kier molecular flexibility index (Phi) is 27.2. The number of ether oxygens (including phenoxy) is 2. The molecule has 1 aliphatic rings. The van der Waals surface area contributed by atoms with Crippen molar-refractivity contribution in [1.29, 1.82) is 0 Å². The molecule has 1 aromatic heterocycles. The van der Waals surface area contributed by atoms with E-state index in [1.54, 1.807) is 19.4 Å². The Morgan fingerprint density at radius 2 is 1.10 bits per heavy atom. The molecule has 13 heteroatoms. The zero-order valence-electron chi connectivity index (χ0n) is 54.3. The lowest BCUT2D eigenvalue weighted by molar-refractivity contribution is -0.150. The summed E-state index contributed by atoms with van der Waals surface area (Å²) >= 11 is 0. The highest BCUT2D eigenvalue weighted by Crippen LogP contribution is 2.43. The first kappa shape index (κ1) is 71.1. The lowest BCUT2D eigenvalue weighted by Gasteiger charge is -2.44. The van der Waals surface area contributed by atoms with Gasteiger partial charge in [-0.3, -0.25) is 0 Å². The van der Waals surface area contributed by atoms with E-state index in [-0.39, 0.29) is 74.3 Å². The van der Waals surface area contributed by atoms with Crippen molar-refractivity contribution >= 4 is 45.3 Å². The predicted molar refractivity (Wildman–Crippen MR) is 343 cm³/mol. The van der Waals surface area contributed by atoms with Crippen molar-refractivity contribution in [3.8, 4) is 0 Å². The van der Waals surface area contributed by atoms with Gasteiger partial charge in [0, 0.05) is 43.5 Å². The lowest BCUT2D eigenvalue weighted by Crippen LogP contribution is -2.50. The first-order valence-corrected chi connectivity index (χ1v) is 40.7. The number of fused-ring (bicyclic) bond motifs is 2. The third-order valence-corrected chi connectivity index (χ3v) is 35.5. The number of methoxy groups -OCH3 is 1. The highest BCUT2D eigenvalue weighted by molar-refractivity contribution is 6.75. The second-order valence-electron chi connectivity index (χ2n) is 28.4. The topological polar surface area (TPSA) is 98.5 Å². The molecular formula is C65H113NO8Si4. The van der Waals surface area contributed by atoms with E-state index in [2.05, 4.69) is 220 Å². The quantitative estimate of drug-likeness (QED) is 0.141. The van der Waals surface area contributed by atoms with Gasteiger partial charge in [0.2, 0.25) is 0 Å². The SMILES string of the molecule is CO[C@@H]1C[C@@H](O[Si](C)(C)C(C)(C)C)/C=C/C=C/C=C\[C@H](C)[C@@H]([C@@H](C)[C@H](C[C@@H](C)O[Si](C)(C)C(C)(C)C)O[Si](C)(C)C(C)(C)C)OC(=O)\C=C/C=C/C=C\C(C)=C\[C@@H](C)[C@@H](O[Si](C)(C)C(C)(C)C)/C=C\C=C\c2coc(n2)[C@@H]1C. The molecule has 1 aromatic rings. The molecule has 0 unspecified atom stereocenters. The third kappa shape index (κ3) is 22.7. The van der Waals surface area contributed by atoms with Gasteiger partial charge in [-0.1, -0.05) is 207 Å². The van der Waals surface area contributed by atoms with Crippen LogP contribution in [0.1, 0.15) is 155 Å². The van der Waals surface area contributed by atoms with E-state index in [4.69, 9.17) is 36.6 Å². The molecule has 0 aliphatic carbocycles. The minimum atomic E-state index is -2.29. The summed E-state index contributed by atoms with van der Waals surface area (Å²) in [6.07, 6.45) is 35.7. The van der Waals surface area contributed by atoms with Crippen molar-refractivity contribution < 1.29 is 36.4 Å². The number of rotatable bonds is 13. The fourth-order valence-corrected chi connectivity index (χ4v) is 13.6. The Balaban J connectivity index is 2.82. The number of hydrogen-bond donors (Lipinski definition) is 0. The Hall–Kier alpha value is -2.99. The van der Waals surface area contributed by atoms with Crippen molar-refractivity contribution in [2.45, 2.75) is 253 Å². The van der Waals surface area contributed by atoms with Crippen LogP contribution in [0.4, 0.5) is 0 Å². The van der Waals surface area contributed by atoms with Gasteiger partial charge >= 0.3 is 5.97 Å². The van der Waals surface area contributed by atoms with Crippen LogP contribution in [-0.2, 0) is 32.0 Å². The number of esters is 1. The summed E-state index contributed by atoms with van der Waals surface area (Å²) < 4.78 is 47.3. The fraction of sp³-hybridized carbons (Fsp3) is 0.662.